The molecule has 0 aromatic heterocycles. The number of methoxy groups -OCH3 is 1. The summed E-state index contributed by atoms with van der Waals surface area (Å²) in [5.41, 5.74) is -0.0977. The predicted molar refractivity (Wildman–Crippen MR) is 71.9 cm³/mol. The van der Waals surface area contributed by atoms with Crippen LogP contribution in [0.1, 0.15) is 24.0 Å². The van der Waals surface area contributed by atoms with Crippen LogP contribution in [0.4, 0.5) is 8.78 Å². The highest BCUT2D eigenvalue weighted by molar-refractivity contribution is 5.73. The molecule has 1 unspecified atom stereocenters. The van der Waals surface area contributed by atoms with Gasteiger partial charge >= 0.3 is 12.1 Å². The molecular formula is C14H15F2NO6. The summed E-state index contributed by atoms with van der Waals surface area (Å²) in [6.07, 6.45) is 0.250. The van der Waals surface area contributed by atoms with E-state index in [0.717, 1.165) is 19.2 Å². The third kappa shape index (κ3) is 5.91. The normalized spacial score (nSPS) is 12.2. The van der Waals surface area contributed by atoms with E-state index in [1.54, 1.807) is 0 Å². The van der Waals surface area contributed by atoms with Crippen LogP contribution >= 0.6 is 0 Å². The van der Waals surface area contributed by atoms with E-state index in [1.165, 1.54) is 13.8 Å². The average Bonchev–Trinajstić information content (AvgIpc) is 2.44. The number of aryl methyl sites for hydroxylation is 1. The van der Waals surface area contributed by atoms with Crippen LogP contribution in [0.15, 0.2) is 12.1 Å². The summed E-state index contributed by atoms with van der Waals surface area (Å²) in [6.45, 7) is 2.09. The third-order valence-electron chi connectivity index (χ3n) is 3.12. The quantitative estimate of drug-likeness (QED) is 0.463. The summed E-state index contributed by atoms with van der Waals surface area (Å²) in [5, 5.41) is 10.7. The summed E-state index contributed by atoms with van der Waals surface area (Å²) in [5.74, 6) is -4.80. The van der Waals surface area contributed by atoms with Crippen molar-refractivity contribution in [3.8, 4) is 0 Å². The molecule has 7 nitrogen and oxygen atoms in total. The lowest BCUT2D eigenvalue weighted by Crippen LogP contribution is -2.28. The van der Waals surface area contributed by atoms with Crippen molar-refractivity contribution in [3.63, 3.8) is 0 Å². The van der Waals surface area contributed by atoms with Gasteiger partial charge in [-0.3, -0.25) is 14.9 Å². The molecule has 126 valence electrons. The molecule has 0 aliphatic rings. The Morgan fingerprint density at radius 3 is 2.13 bits per heavy atom. The summed E-state index contributed by atoms with van der Waals surface area (Å²) in [7, 11) is 1.11. The molecule has 9 heteroatoms. The molecule has 1 aromatic carbocycles. The molecule has 0 saturated carbocycles. The van der Waals surface area contributed by atoms with Crippen molar-refractivity contribution in [1.82, 2.24) is 0 Å². The van der Waals surface area contributed by atoms with Crippen LogP contribution in [0.25, 0.3) is 0 Å². The zero-order chi connectivity index (χ0) is 18.2. The minimum Gasteiger partial charge on any atom is -0.469 e. The fourth-order valence-corrected chi connectivity index (χ4v) is 2.08. The second-order valence-electron chi connectivity index (χ2n) is 4.66. The smallest absolute Gasteiger partial charge is 0.373 e. The van der Waals surface area contributed by atoms with Gasteiger partial charge in [-0.25, -0.2) is 8.78 Å². The molecule has 23 heavy (non-hydrogen) atoms. The van der Waals surface area contributed by atoms with Crippen LogP contribution in [0.5, 0.6) is 0 Å². The standard InChI is InChI=1S/C13H15F2NO4.CO2/c1-7-4-10(14)12(11(15)5-7)9(6-16(18)19)8(2)13(17)20-3;2-1-3/h4-5,8-9H,6H2,1-3H3;/t8?,9-;/m0./s1. The number of hydrogen-bond acceptors (Lipinski definition) is 6. The first-order chi connectivity index (χ1) is 10.7. The molecule has 0 radical (unpaired) electrons. The summed E-state index contributed by atoms with van der Waals surface area (Å²) in [4.78, 5) is 37.7. The summed E-state index contributed by atoms with van der Waals surface area (Å²) >= 11 is 0. The lowest BCUT2D eigenvalue weighted by Gasteiger charge is -2.20. The SMILES string of the molecule is COC(=O)C(C)[C@H](C[N+](=O)[O-])c1c(F)cc(C)cc1F.O=C=O. The van der Waals surface area contributed by atoms with Gasteiger partial charge in [0.15, 0.2) is 0 Å². The zero-order valence-electron chi connectivity index (χ0n) is 12.7. The fraction of sp³-hybridized carbons (Fsp3) is 0.429. The highest BCUT2D eigenvalue weighted by Gasteiger charge is 2.34. The van der Waals surface area contributed by atoms with Crippen LogP contribution in [-0.4, -0.2) is 30.7 Å². The maximum absolute atomic E-state index is 13.9. The van der Waals surface area contributed by atoms with Gasteiger partial charge in [-0.1, -0.05) is 6.92 Å². The number of nitrogens with zero attached hydrogens (tertiary/aromatic N) is 1. The molecule has 0 amide bonds. The molecule has 1 rings (SSSR count). The Bertz CT molecular complexity index is 590. The van der Waals surface area contributed by atoms with E-state index in [1.807, 2.05) is 0 Å². The largest absolute Gasteiger partial charge is 0.469 e. The minimum absolute atomic E-state index is 0.250. The molecule has 2 atom stereocenters. The lowest BCUT2D eigenvalue weighted by atomic mass is 9.86. The second-order valence-corrected chi connectivity index (χ2v) is 4.66. The Labute approximate surface area is 130 Å². The number of carbonyl (C=O) groups is 1. The van der Waals surface area contributed by atoms with Crippen molar-refractivity contribution >= 4 is 12.1 Å². The molecule has 0 bridgehead atoms. The Hall–Kier alpha value is -2.67. The van der Waals surface area contributed by atoms with Gasteiger partial charge in [-0.15, -0.1) is 0 Å². The molecule has 0 spiro atoms. The Morgan fingerprint density at radius 2 is 1.78 bits per heavy atom. The van der Waals surface area contributed by atoms with Crippen LogP contribution in [-0.2, 0) is 19.1 Å². The van der Waals surface area contributed by atoms with Crippen LogP contribution in [0.3, 0.4) is 0 Å². The van der Waals surface area contributed by atoms with E-state index in [2.05, 4.69) is 4.74 Å². The Balaban J connectivity index is 0.00000149. The molecular weight excluding hydrogens is 316 g/mol. The minimum atomic E-state index is -1.22. The summed E-state index contributed by atoms with van der Waals surface area (Å²) < 4.78 is 32.3. The molecule has 0 N–H and O–H groups in total. The highest BCUT2D eigenvalue weighted by atomic mass is 19.1. The van der Waals surface area contributed by atoms with E-state index in [-0.39, 0.29) is 6.15 Å². The van der Waals surface area contributed by atoms with Gasteiger partial charge in [-0.2, -0.15) is 9.59 Å². The first kappa shape index (κ1) is 20.3. The molecule has 0 aliphatic carbocycles. The van der Waals surface area contributed by atoms with E-state index < -0.39 is 46.5 Å². The zero-order valence-corrected chi connectivity index (χ0v) is 12.7. The van der Waals surface area contributed by atoms with Gasteiger partial charge in [0.2, 0.25) is 6.54 Å². The Morgan fingerprint density at radius 1 is 1.35 bits per heavy atom. The first-order valence-electron chi connectivity index (χ1n) is 6.34. The van der Waals surface area contributed by atoms with Gasteiger partial charge in [0.05, 0.1) is 18.9 Å². The van der Waals surface area contributed by atoms with Crippen LogP contribution in [0.2, 0.25) is 0 Å². The number of esters is 1. The monoisotopic (exact) mass is 331 g/mol. The number of nitro groups is 1. The van der Waals surface area contributed by atoms with Gasteiger partial charge in [0.1, 0.15) is 11.6 Å². The highest BCUT2D eigenvalue weighted by Crippen LogP contribution is 2.31. The van der Waals surface area contributed by atoms with Crippen molar-refractivity contribution in [2.45, 2.75) is 19.8 Å². The van der Waals surface area contributed by atoms with Crippen molar-refractivity contribution in [3.05, 3.63) is 45.0 Å². The van der Waals surface area contributed by atoms with Crippen LogP contribution < -0.4 is 0 Å². The van der Waals surface area contributed by atoms with E-state index in [0.29, 0.717) is 5.56 Å². The molecule has 0 saturated heterocycles. The number of hydrogen-bond donors (Lipinski definition) is 0. The number of rotatable bonds is 5. The van der Waals surface area contributed by atoms with Gasteiger partial charge < -0.3 is 4.74 Å². The van der Waals surface area contributed by atoms with E-state index >= 15 is 0 Å². The predicted octanol–water partition coefficient (Wildman–Crippen LogP) is 1.86. The number of halogens is 2. The number of benzene rings is 1. The lowest BCUT2D eigenvalue weighted by molar-refractivity contribution is -0.484. The van der Waals surface area contributed by atoms with Crippen molar-refractivity contribution in [2.24, 2.45) is 5.92 Å². The average molecular weight is 331 g/mol. The maximum atomic E-state index is 13.9. The van der Waals surface area contributed by atoms with Gasteiger partial charge in [0, 0.05) is 10.5 Å². The summed E-state index contributed by atoms with van der Waals surface area (Å²) in [6, 6.07) is 2.16. The van der Waals surface area contributed by atoms with E-state index in [4.69, 9.17) is 9.59 Å². The second kappa shape index (κ2) is 9.37. The van der Waals surface area contributed by atoms with Crippen molar-refractivity contribution in [1.29, 1.82) is 0 Å². The van der Waals surface area contributed by atoms with Gasteiger partial charge in [-0.05, 0) is 24.6 Å². The van der Waals surface area contributed by atoms with Crippen molar-refractivity contribution in [2.75, 3.05) is 13.7 Å². The molecule has 0 aliphatic heterocycles. The number of ether oxygens (including phenoxy) is 1. The van der Waals surface area contributed by atoms with Gasteiger partial charge in [0.25, 0.3) is 0 Å². The molecule has 1 aromatic rings. The fourth-order valence-electron chi connectivity index (χ4n) is 2.08. The topological polar surface area (TPSA) is 104 Å². The first-order valence-corrected chi connectivity index (χ1v) is 6.34. The molecule has 0 fully saturated rings. The van der Waals surface area contributed by atoms with Crippen molar-refractivity contribution < 1.29 is 32.8 Å². The maximum Gasteiger partial charge on any atom is 0.373 e. The Kier molecular flexibility index (Phi) is 8.28. The third-order valence-corrected chi connectivity index (χ3v) is 3.12. The molecule has 0 heterocycles. The van der Waals surface area contributed by atoms with E-state index in [9.17, 15) is 23.7 Å². The number of carbonyl (C=O) groups excluding carboxylic acids is 3. The van der Waals surface area contributed by atoms with Crippen LogP contribution in [0, 0.1) is 34.6 Å².